The fraction of sp³-hybridized carbons (Fsp3) is 0.667. The molecule has 2 aliphatic rings. The van der Waals surface area contributed by atoms with Gasteiger partial charge in [0.05, 0.1) is 11.8 Å². The Hall–Kier alpha value is -0.150. The quantitative estimate of drug-likeness (QED) is 0.544. The molecule has 1 fully saturated rings. The van der Waals surface area contributed by atoms with Crippen molar-refractivity contribution in [1.29, 1.82) is 0 Å². The number of hydrogen-bond donors (Lipinski definition) is 1. The van der Waals surface area contributed by atoms with Gasteiger partial charge in [-0.2, -0.15) is 5.48 Å². The first-order chi connectivity index (χ1) is 4.47. The highest BCUT2D eigenvalue weighted by molar-refractivity contribution is 8.00. The van der Waals surface area contributed by atoms with E-state index >= 15 is 0 Å². The van der Waals surface area contributed by atoms with Gasteiger partial charge in [-0.25, -0.2) is 0 Å². The number of rotatable bonds is 0. The molecule has 0 aromatic heterocycles. The molecule has 0 radical (unpaired) electrons. The van der Waals surface area contributed by atoms with E-state index < -0.39 is 0 Å². The van der Waals surface area contributed by atoms with Gasteiger partial charge in [0.25, 0.3) is 0 Å². The summed E-state index contributed by atoms with van der Waals surface area (Å²) < 4.78 is 0. The summed E-state index contributed by atoms with van der Waals surface area (Å²) in [6.07, 6.45) is 3.35. The molecule has 50 valence electrons. The second-order valence-corrected chi connectivity index (χ2v) is 3.52. The van der Waals surface area contributed by atoms with Crippen molar-refractivity contribution in [2.45, 2.75) is 11.7 Å². The number of thioether (sulfide) groups is 1. The molecule has 2 heterocycles. The minimum absolute atomic E-state index is 0.610. The fourth-order valence-corrected chi connectivity index (χ4v) is 2.13. The van der Waals surface area contributed by atoms with Gasteiger partial charge >= 0.3 is 0 Å². The van der Waals surface area contributed by atoms with E-state index in [1.165, 1.54) is 5.75 Å². The third-order valence-corrected chi connectivity index (χ3v) is 2.83. The lowest BCUT2D eigenvalue weighted by Crippen LogP contribution is -2.11. The van der Waals surface area contributed by atoms with Crippen LogP contribution in [0.25, 0.3) is 0 Å². The number of nitrogens with one attached hydrogen (secondary N) is 1. The molecule has 1 saturated heterocycles. The summed E-state index contributed by atoms with van der Waals surface area (Å²) in [5.74, 6) is 2.39. The summed E-state index contributed by atoms with van der Waals surface area (Å²) in [7, 11) is 0. The first kappa shape index (κ1) is 5.62. The van der Waals surface area contributed by atoms with Crippen LogP contribution in [0.5, 0.6) is 0 Å². The second kappa shape index (κ2) is 2.23. The van der Waals surface area contributed by atoms with Gasteiger partial charge in [0, 0.05) is 0 Å². The van der Waals surface area contributed by atoms with Crippen LogP contribution in [0.1, 0.15) is 6.42 Å². The van der Waals surface area contributed by atoms with Crippen LogP contribution in [0, 0.1) is 0 Å². The van der Waals surface area contributed by atoms with Gasteiger partial charge in [0.1, 0.15) is 5.76 Å². The van der Waals surface area contributed by atoms with Gasteiger partial charge in [-0.05, 0) is 18.2 Å². The van der Waals surface area contributed by atoms with Crippen molar-refractivity contribution in [1.82, 2.24) is 5.48 Å². The van der Waals surface area contributed by atoms with Crippen molar-refractivity contribution in [2.75, 3.05) is 12.3 Å². The first-order valence-electron chi connectivity index (χ1n) is 3.18. The molecular formula is C6H9NOS. The standard InChI is InChI=1S/C6H9NOS/c1-2-5-6(9-3-1)4-7-8-5/h2,6-7H,1,3-4H2. The summed E-state index contributed by atoms with van der Waals surface area (Å²) in [4.78, 5) is 5.15. The third-order valence-electron chi connectivity index (χ3n) is 1.56. The maximum absolute atomic E-state index is 5.15. The van der Waals surface area contributed by atoms with Gasteiger partial charge in [-0.3, -0.25) is 0 Å². The summed E-state index contributed by atoms with van der Waals surface area (Å²) in [6, 6.07) is 0. The van der Waals surface area contributed by atoms with E-state index in [0.29, 0.717) is 5.25 Å². The molecule has 9 heavy (non-hydrogen) atoms. The molecule has 0 saturated carbocycles. The van der Waals surface area contributed by atoms with Crippen molar-refractivity contribution < 1.29 is 4.84 Å². The molecule has 2 rings (SSSR count). The summed E-state index contributed by atoms with van der Waals surface area (Å²) in [5.41, 5.74) is 2.88. The topological polar surface area (TPSA) is 21.3 Å². The molecule has 3 heteroatoms. The van der Waals surface area contributed by atoms with Crippen LogP contribution in [0.3, 0.4) is 0 Å². The maximum Gasteiger partial charge on any atom is 0.134 e. The Balaban J connectivity index is 2.16. The monoisotopic (exact) mass is 143 g/mol. The Kier molecular flexibility index (Phi) is 1.39. The zero-order valence-corrected chi connectivity index (χ0v) is 5.91. The minimum atomic E-state index is 0.610. The molecule has 0 amide bonds. The zero-order valence-electron chi connectivity index (χ0n) is 5.09. The molecule has 2 nitrogen and oxygen atoms in total. The van der Waals surface area contributed by atoms with Crippen molar-refractivity contribution in [2.24, 2.45) is 0 Å². The lowest BCUT2D eigenvalue weighted by Gasteiger charge is -2.11. The van der Waals surface area contributed by atoms with E-state index in [1.807, 2.05) is 11.8 Å². The van der Waals surface area contributed by atoms with Gasteiger partial charge < -0.3 is 4.84 Å². The highest BCUT2D eigenvalue weighted by Gasteiger charge is 2.24. The molecular weight excluding hydrogens is 134 g/mol. The molecule has 0 aromatic rings. The van der Waals surface area contributed by atoms with Crippen LogP contribution >= 0.6 is 11.8 Å². The SMILES string of the molecule is C1=C2ONCC2SCC1. The molecule has 1 atom stereocenters. The Morgan fingerprint density at radius 3 is 3.67 bits per heavy atom. The Morgan fingerprint density at radius 2 is 2.78 bits per heavy atom. The molecule has 0 aliphatic carbocycles. The average molecular weight is 143 g/mol. The van der Waals surface area contributed by atoms with Crippen molar-refractivity contribution >= 4 is 11.8 Å². The predicted molar refractivity (Wildman–Crippen MR) is 38.0 cm³/mol. The van der Waals surface area contributed by atoms with E-state index in [2.05, 4.69) is 11.6 Å². The molecule has 1 N–H and O–H groups in total. The smallest absolute Gasteiger partial charge is 0.134 e. The highest BCUT2D eigenvalue weighted by atomic mass is 32.2. The van der Waals surface area contributed by atoms with E-state index in [1.54, 1.807) is 0 Å². The molecule has 0 spiro atoms. The van der Waals surface area contributed by atoms with E-state index in [-0.39, 0.29) is 0 Å². The lowest BCUT2D eigenvalue weighted by molar-refractivity contribution is 0.155. The number of hydroxylamine groups is 1. The number of allylic oxidation sites excluding steroid dienone is 1. The van der Waals surface area contributed by atoms with Crippen LogP contribution in [0.4, 0.5) is 0 Å². The third kappa shape index (κ3) is 0.946. The Labute approximate surface area is 58.6 Å². The number of fused-ring (bicyclic) bond motifs is 1. The fourth-order valence-electron chi connectivity index (χ4n) is 1.09. The lowest BCUT2D eigenvalue weighted by atomic mass is 10.3. The Bertz CT molecular complexity index is 146. The van der Waals surface area contributed by atoms with Crippen LogP contribution in [-0.4, -0.2) is 17.5 Å². The van der Waals surface area contributed by atoms with Crippen molar-refractivity contribution in [3.05, 3.63) is 11.8 Å². The zero-order chi connectivity index (χ0) is 6.10. The summed E-state index contributed by atoms with van der Waals surface area (Å²) >= 11 is 1.98. The summed E-state index contributed by atoms with van der Waals surface area (Å²) in [5, 5.41) is 0.610. The van der Waals surface area contributed by atoms with Crippen molar-refractivity contribution in [3.63, 3.8) is 0 Å². The van der Waals surface area contributed by atoms with Crippen LogP contribution < -0.4 is 5.48 Å². The highest BCUT2D eigenvalue weighted by Crippen LogP contribution is 2.28. The normalized spacial score (nSPS) is 32.9. The number of hydrogen-bond acceptors (Lipinski definition) is 3. The van der Waals surface area contributed by atoms with Crippen LogP contribution in [-0.2, 0) is 4.84 Å². The average Bonchev–Trinajstić information content (AvgIpc) is 2.33. The molecule has 0 aromatic carbocycles. The summed E-state index contributed by atoms with van der Waals surface area (Å²) in [6.45, 7) is 0.983. The van der Waals surface area contributed by atoms with Crippen LogP contribution in [0.15, 0.2) is 11.8 Å². The van der Waals surface area contributed by atoms with Gasteiger partial charge in [0.2, 0.25) is 0 Å². The Morgan fingerprint density at radius 1 is 1.78 bits per heavy atom. The van der Waals surface area contributed by atoms with Gasteiger partial charge in [0.15, 0.2) is 0 Å². The maximum atomic E-state index is 5.15. The van der Waals surface area contributed by atoms with Gasteiger partial charge in [-0.15, -0.1) is 11.8 Å². The van der Waals surface area contributed by atoms with E-state index in [0.717, 1.165) is 18.7 Å². The first-order valence-corrected chi connectivity index (χ1v) is 4.23. The van der Waals surface area contributed by atoms with Crippen molar-refractivity contribution in [3.8, 4) is 0 Å². The van der Waals surface area contributed by atoms with E-state index in [4.69, 9.17) is 4.84 Å². The second-order valence-electron chi connectivity index (χ2n) is 2.21. The molecule has 1 unspecified atom stereocenters. The largest absolute Gasteiger partial charge is 0.412 e. The van der Waals surface area contributed by atoms with Gasteiger partial charge in [-0.1, -0.05) is 0 Å². The van der Waals surface area contributed by atoms with Crippen LogP contribution in [0.2, 0.25) is 0 Å². The molecule has 2 aliphatic heterocycles. The predicted octanol–water partition coefficient (Wildman–Crippen LogP) is 0.911. The molecule has 0 bridgehead atoms. The van der Waals surface area contributed by atoms with E-state index in [9.17, 15) is 0 Å². The minimum Gasteiger partial charge on any atom is -0.412 e.